The van der Waals surface area contributed by atoms with Crippen molar-refractivity contribution in [3.8, 4) is 12.3 Å². The van der Waals surface area contributed by atoms with Crippen molar-refractivity contribution in [1.29, 1.82) is 0 Å². The number of oxime groups is 1. The predicted octanol–water partition coefficient (Wildman–Crippen LogP) is 2.27. The molecule has 0 unspecified atom stereocenters. The van der Waals surface area contributed by atoms with Crippen LogP contribution in [0.15, 0.2) is 35.5 Å². The van der Waals surface area contributed by atoms with E-state index >= 15 is 0 Å². The molecule has 0 radical (unpaired) electrons. The van der Waals surface area contributed by atoms with Gasteiger partial charge in [0.15, 0.2) is 11.9 Å². The van der Waals surface area contributed by atoms with E-state index in [1.807, 2.05) is 30.3 Å². The van der Waals surface area contributed by atoms with E-state index in [4.69, 9.17) is 25.5 Å². The van der Waals surface area contributed by atoms with E-state index in [1.165, 1.54) is 13.1 Å². The zero-order valence-corrected chi connectivity index (χ0v) is 14.0. The summed E-state index contributed by atoms with van der Waals surface area (Å²) in [7, 11) is 0. The van der Waals surface area contributed by atoms with Crippen molar-refractivity contribution >= 4 is 12.2 Å². The summed E-state index contributed by atoms with van der Waals surface area (Å²) in [6.45, 7) is 5.12. The number of hydrogen-bond acceptors (Lipinski definition) is 6. The lowest BCUT2D eigenvalue weighted by Gasteiger charge is -2.20. The number of rotatable bonds is 6. The van der Waals surface area contributed by atoms with Crippen LogP contribution in [0.3, 0.4) is 0 Å². The quantitative estimate of drug-likeness (QED) is 0.346. The lowest BCUT2D eigenvalue weighted by atomic mass is 10.1. The highest BCUT2D eigenvalue weighted by atomic mass is 16.8. The minimum atomic E-state index is -0.866. The smallest absolute Gasteiger partial charge is 0.303 e. The van der Waals surface area contributed by atoms with Gasteiger partial charge in [-0.1, -0.05) is 41.4 Å². The van der Waals surface area contributed by atoms with Crippen molar-refractivity contribution in [2.45, 2.75) is 51.5 Å². The third-order valence-electron chi connectivity index (χ3n) is 3.28. The minimum absolute atomic E-state index is 0.335. The first-order valence-electron chi connectivity index (χ1n) is 7.59. The summed E-state index contributed by atoms with van der Waals surface area (Å²) in [5, 5.41) is 3.92. The number of hydrogen-bond donors (Lipinski definition) is 0. The molecule has 6 heteroatoms. The fraction of sp³-hybridized carbons (Fsp3) is 0.444. The van der Waals surface area contributed by atoms with Gasteiger partial charge in [0, 0.05) is 6.92 Å². The Bertz CT molecular complexity index is 620. The van der Waals surface area contributed by atoms with Crippen LogP contribution >= 0.6 is 0 Å². The molecule has 1 aromatic rings. The van der Waals surface area contributed by atoms with E-state index < -0.39 is 30.1 Å². The monoisotopic (exact) mass is 331 g/mol. The SMILES string of the molecule is C#C[C@@H](OC(C)=O)[C@H]1OC(C)(C)O[C@H]1/C=N/OCc1ccccc1. The fourth-order valence-electron chi connectivity index (χ4n) is 2.33. The predicted molar refractivity (Wildman–Crippen MR) is 87.9 cm³/mol. The van der Waals surface area contributed by atoms with Gasteiger partial charge in [0.1, 0.15) is 18.8 Å². The molecule has 24 heavy (non-hydrogen) atoms. The van der Waals surface area contributed by atoms with Crippen LogP contribution in [0.4, 0.5) is 0 Å². The van der Waals surface area contributed by atoms with Gasteiger partial charge in [-0.15, -0.1) is 6.42 Å². The molecule has 0 N–H and O–H groups in total. The summed E-state index contributed by atoms with van der Waals surface area (Å²) in [6, 6.07) is 9.65. The van der Waals surface area contributed by atoms with Gasteiger partial charge in [-0.05, 0) is 19.4 Å². The minimum Gasteiger partial charge on any atom is -0.446 e. The highest BCUT2D eigenvalue weighted by Gasteiger charge is 2.45. The Morgan fingerprint density at radius 2 is 2.12 bits per heavy atom. The highest BCUT2D eigenvalue weighted by Crippen LogP contribution is 2.30. The Morgan fingerprint density at radius 1 is 1.42 bits per heavy atom. The first kappa shape index (κ1) is 18.0. The maximum atomic E-state index is 11.2. The van der Waals surface area contributed by atoms with Crippen LogP contribution in [-0.2, 0) is 30.4 Å². The normalized spacial score (nSPS) is 23.6. The highest BCUT2D eigenvalue weighted by molar-refractivity contribution is 5.67. The Balaban J connectivity index is 1.98. The average Bonchev–Trinajstić information content (AvgIpc) is 2.85. The van der Waals surface area contributed by atoms with Gasteiger partial charge in [-0.3, -0.25) is 4.79 Å². The largest absolute Gasteiger partial charge is 0.446 e. The first-order chi connectivity index (χ1) is 11.4. The number of nitrogens with zero attached hydrogens (tertiary/aromatic N) is 1. The van der Waals surface area contributed by atoms with Crippen LogP contribution in [0.2, 0.25) is 0 Å². The van der Waals surface area contributed by atoms with E-state index in [0.717, 1.165) is 5.56 Å². The molecule has 3 atom stereocenters. The van der Waals surface area contributed by atoms with Gasteiger partial charge in [-0.2, -0.15) is 0 Å². The molecule has 1 saturated heterocycles. The molecule has 0 aromatic heterocycles. The molecule has 2 rings (SSSR count). The first-order valence-corrected chi connectivity index (χ1v) is 7.59. The van der Waals surface area contributed by atoms with E-state index in [9.17, 15) is 4.79 Å². The number of benzene rings is 1. The summed E-state index contributed by atoms with van der Waals surface area (Å²) in [5.74, 6) is 1.06. The van der Waals surface area contributed by atoms with Crippen molar-refractivity contribution in [1.82, 2.24) is 0 Å². The van der Waals surface area contributed by atoms with E-state index in [-0.39, 0.29) is 0 Å². The van der Waals surface area contributed by atoms with Gasteiger partial charge >= 0.3 is 5.97 Å². The van der Waals surface area contributed by atoms with Crippen molar-refractivity contribution in [3.63, 3.8) is 0 Å². The van der Waals surface area contributed by atoms with Crippen LogP contribution < -0.4 is 0 Å². The number of carbonyl (C=O) groups excluding carboxylic acids is 1. The standard InChI is InChI=1S/C18H21NO5/c1-5-15(22-13(2)20)17-16(23-18(3,4)24-17)11-19-21-12-14-9-7-6-8-10-14/h1,6-11,15-17H,12H2,2-4H3/b19-11+/t15-,16+,17-/m1/s1. The summed E-state index contributed by atoms with van der Waals surface area (Å²) >= 11 is 0. The second-order valence-electron chi connectivity index (χ2n) is 5.77. The molecular formula is C18H21NO5. The Kier molecular flexibility index (Phi) is 5.96. The number of terminal acetylenes is 1. The van der Waals surface area contributed by atoms with Crippen LogP contribution in [0, 0.1) is 12.3 Å². The molecular weight excluding hydrogens is 310 g/mol. The summed E-state index contributed by atoms with van der Waals surface area (Å²) in [5.41, 5.74) is 0.997. The summed E-state index contributed by atoms with van der Waals surface area (Å²) in [6.07, 6.45) is 4.81. The number of esters is 1. The fourth-order valence-corrected chi connectivity index (χ4v) is 2.33. The third kappa shape index (κ3) is 5.08. The summed E-state index contributed by atoms with van der Waals surface area (Å²) in [4.78, 5) is 16.4. The van der Waals surface area contributed by atoms with Crippen molar-refractivity contribution in [2.75, 3.05) is 0 Å². The molecule has 128 valence electrons. The molecule has 1 fully saturated rings. The second-order valence-corrected chi connectivity index (χ2v) is 5.77. The molecule has 0 amide bonds. The molecule has 1 aliphatic heterocycles. The van der Waals surface area contributed by atoms with Crippen molar-refractivity contribution in [3.05, 3.63) is 35.9 Å². The summed E-state index contributed by atoms with van der Waals surface area (Å²) < 4.78 is 16.6. The number of carbonyl (C=O) groups is 1. The van der Waals surface area contributed by atoms with Gasteiger partial charge in [-0.25, -0.2) is 0 Å². The third-order valence-corrected chi connectivity index (χ3v) is 3.28. The van der Waals surface area contributed by atoms with Gasteiger partial charge in [0.05, 0.1) is 6.21 Å². The zero-order valence-electron chi connectivity index (χ0n) is 14.0. The van der Waals surface area contributed by atoms with Crippen LogP contribution in [0.1, 0.15) is 26.3 Å². The van der Waals surface area contributed by atoms with Crippen LogP contribution in [-0.4, -0.2) is 36.3 Å². The van der Waals surface area contributed by atoms with Crippen LogP contribution in [0.25, 0.3) is 0 Å². The van der Waals surface area contributed by atoms with Gasteiger partial charge in [0.25, 0.3) is 0 Å². The Hall–Kier alpha value is -2.36. The van der Waals surface area contributed by atoms with E-state index in [1.54, 1.807) is 13.8 Å². The maximum absolute atomic E-state index is 11.2. The second kappa shape index (κ2) is 7.95. The topological polar surface area (TPSA) is 66.4 Å². The molecule has 0 spiro atoms. The maximum Gasteiger partial charge on any atom is 0.303 e. The van der Waals surface area contributed by atoms with Crippen molar-refractivity contribution in [2.24, 2.45) is 5.16 Å². The number of ether oxygens (including phenoxy) is 3. The average molecular weight is 331 g/mol. The zero-order chi connectivity index (χ0) is 17.6. The molecule has 1 aliphatic rings. The molecule has 0 saturated carbocycles. The molecule has 1 heterocycles. The van der Waals surface area contributed by atoms with Gasteiger partial charge in [0.2, 0.25) is 0 Å². The molecule has 6 nitrogen and oxygen atoms in total. The van der Waals surface area contributed by atoms with Crippen LogP contribution in [0.5, 0.6) is 0 Å². The molecule has 0 aliphatic carbocycles. The van der Waals surface area contributed by atoms with Gasteiger partial charge < -0.3 is 19.0 Å². The molecule has 1 aromatic carbocycles. The lowest BCUT2D eigenvalue weighted by Crippen LogP contribution is -2.38. The molecule has 0 bridgehead atoms. The van der Waals surface area contributed by atoms with E-state index in [0.29, 0.717) is 6.61 Å². The Labute approximate surface area is 141 Å². The Morgan fingerprint density at radius 3 is 2.75 bits per heavy atom. The van der Waals surface area contributed by atoms with Crippen molar-refractivity contribution < 1.29 is 23.8 Å². The lowest BCUT2D eigenvalue weighted by molar-refractivity contribution is -0.163. The van der Waals surface area contributed by atoms with E-state index in [2.05, 4.69) is 11.1 Å².